The van der Waals surface area contributed by atoms with Crippen LogP contribution in [0.5, 0.6) is 0 Å². The van der Waals surface area contributed by atoms with Crippen molar-refractivity contribution >= 4 is 12.0 Å². The van der Waals surface area contributed by atoms with E-state index in [1.807, 2.05) is 26.8 Å². The van der Waals surface area contributed by atoms with E-state index in [1.165, 1.54) is 0 Å². The number of benzene rings is 1. The second kappa shape index (κ2) is 7.67. The van der Waals surface area contributed by atoms with Crippen LogP contribution in [0.15, 0.2) is 30.3 Å². The number of hydrogen-bond acceptors (Lipinski definition) is 2. The van der Waals surface area contributed by atoms with Gasteiger partial charge in [0.1, 0.15) is 0 Å². The van der Waals surface area contributed by atoms with Crippen molar-refractivity contribution in [3.63, 3.8) is 0 Å². The molecule has 0 radical (unpaired) electrons. The Hall–Kier alpha value is -2.04. The van der Waals surface area contributed by atoms with Gasteiger partial charge in [0.05, 0.1) is 5.92 Å². The van der Waals surface area contributed by atoms with Gasteiger partial charge in [0, 0.05) is 12.1 Å². The van der Waals surface area contributed by atoms with Crippen LogP contribution in [0.2, 0.25) is 0 Å². The van der Waals surface area contributed by atoms with Crippen molar-refractivity contribution in [3.05, 3.63) is 35.9 Å². The predicted octanol–water partition coefficient (Wildman–Crippen LogP) is 2.73. The minimum Gasteiger partial charge on any atom is -0.481 e. The van der Waals surface area contributed by atoms with Crippen LogP contribution in [-0.4, -0.2) is 29.2 Å². The molecule has 0 aliphatic carbocycles. The summed E-state index contributed by atoms with van der Waals surface area (Å²) in [6.07, 6.45) is 1.63. The molecule has 1 unspecified atom stereocenters. The first-order valence-corrected chi connectivity index (χ1v) is 7.25. The van der Waals surface area contributed by atoms with E-state index in [1.54, 1.807) is 24.3 Å². The summed E-state index contributed by atoms with van der Waals surface area (Å²) in [6, 6.07) is 8.58. The maximum atomic E-state index is 11.9. The van der Waals surface area contributed by atoms with Crippen LogP contribution < -0.4 is 10.6 Å². The number of carbonyl (C=O) groups excluding carboxylic acids is 1. The number of rotatable bonds is 7. The number of carbonyl (C=O) groups is 2. The van der Waals surface area contributed by atoms with E-state index in [0.717, 1.165) is 12.8 Å². The minimum atomic E-state index is -0.949. The molecule has 3 N–H and O–H groups in total. The van der Waals surface area contributed by atoms with E-state index < -0.39 is 11.9 Å². The van der Waals surface area contributed by atoms with Gasteiger partial charge in [-0.3, -0.25) is 4.79 Å². The topological polar surface area (TPSA) is 78.4 Å². The third-order valence-corrected chi connectivity index (χ3v) is 3.94. The summed E-state index contributed by atoms with van der Waals surface area (Å²) >= 11 is 0. The molecule has 0 aliphatic rings. The lowest BCUT2D eigenvalue weighted by Gasteiger charge is -2.28. The lowest BCUT2D eigenvalue weighted by Crippen LogP contribution is -2.50. The summed E-state index contributed by atoms with van der Waals surface area (Å²) in [5.41, 5.74) is 0.411. The number of amides is 2. The average Bonchev–Trinajstić information content (AvgIpc) is 2.48. The van der Waals surface area contributed by atoms with Crippen LogP contribution in [0.3, 0.4) is 0 Å². The van der Waals surface area contributed by atoms with Crippen molar-refractivity contribution in [2.45, 2.75) is 45.1 Å². The lowest BCUT2D eigenvalue weighted by atomic mass is 9.96. The van der Waals surface area contributed by atoms with Gasteiger partial charge in [-0.1, -0.05) is 44.2 Å². The summed E-state index contributed by atoms with van der Waals surface area (Å²) in [5, 5.41) is 14.8. The van der Waals surface area contributed by atoms with Crippen LogP contribution in [0, 0.1) is 0 Å². The summed E-state index contributed by atoms with van der Waals surface area (Å²) in [5.74, 6) is -1.69. The first kappa shape index (κ1) is 17.0. The molecule has 2 amide bonds. The molecule has 5 heteroatoms. The van der Waals surface area contributed by atoms with Gasteiger partial charge in [0.25, 0.3) is 0 Å². The zero-order chi connectivity index (χ0) is 15.9. The number of carboxylic acids is 1. The fourth-order valence-electron chi connectivity index (χ4n) is 1.97. The van der Waals surface area contributed by atoms with Crippen molar-refractivity contribution in [2.75, 3.05) is 6.54 Å². The summed E-state index contributed by atoms with van der Waals surface area (Å²) in [6.45, 7) is 6.05. The first-order valence-electron chi connectivity index (χ1n) is 7.25. The van der Waals surface area contributed by atoms with Crippen molar-refractivity contribution in [1.29, 1.82) is 0 Å². The molecule has 0 fully saturated rings. The Bertz CT molecular complexity index is 470. The molecule has 21 heavy (non-hydrogen) atoms. The monoisotopic (exact) mass is 292 g/mol. The highest BCUT2D eigenvalue weighted by molar-refractivity contribution is 5.79. The fraction of sp³-hybridized carbons (Fsp3) is 0.500. The standard InChI is InChI=1S/C16H24N2O3/c1-4-16(3,5-2)18-15(21)17-11-13(14(19)20)12-9-7-6-8-10-12/h6-10,13H,4-5,11H2,1-3H3,(H,19,20)(H2,17,18,21). The van der Waals surface area contributed by atoms with Crippen LogP contribution in [0.25, 0.3) is 0 Å². The average molecular weight is 292 g/mol. The van der Waals surface area contributed by atoms with Gasteiger partial charge < -0.3 is 15.7 Å². The molecule has 0 spiro atoms. The molecule has 1 rings (SSSR count). The number of nitrogens with one attached hydrogen (secondary N) is 2. The maximum Gasteiger partial charge on any atom is 0.315 e. The SMILES string of the molecule is CCC(C)(CC)NC(=O)NCC(C(=O)O)c1ccccc1. The Morgan fingerprint density at radius 1 is 1.19 bits per heavy atom. The van der Waals surface area contributed by atoms with Gasteiger partial charge in [-0.2, -0.15) is 0 Å². The van der Waals surface area contributed by atoms with Gasteiger partial charge in [-0.15, -0.1) is 0 Å². The Morgan fingerprint density at radius 3 is 2.24 bits per heavy atom. The normalized spacial score (nSPS) is 12.5. The van der Waals surface area contributed by atoms with E-state index in [2.05, 4.69) is 10.6 Å². The molecule has 116 valence electrons. The second-order valence-corrected chi connectivity index (χ2v) is 5.40. The smallest absolute Gasteiger partial charge is 0.315 e. The molecular weight excluding hydrogens is 268 g/mol. The molecule has 1 atom stereocenters. The molecule has 1 aromatic carbocycles. The fourth-order valence-corrected chi connectivity index (χ4v) is 1.97. The third kappa shape index (κ3) is 5.10. The predicted molar refractivity (Wildman–Crippen MR) is 82.3 cm³/mol. The highest BCUT2D eigenvalue weighted by Gasteiger charge is 2.24. The van der Waals surface area contributed by atoms with Crippen LogP contribution >= 0.6 is 0 Å². The molecule has 1 aromatic rings. The molecule has 5 nitrogen and oxygen atoms in total. The quantitative estimate of drug-likeness (QED) is 0.723. The second-order valence-electron chi connectivity index (χ2n) is 5.40. The highest BCUT2D eigenvalue weighted by atomic mass is 16.4. The van der Waals surface area contributed by atoms with Crippen LogP contribution in [0.4, 0.5) is 4.79 Å². The zero-order valence-corrected chi connectivity index (χ0v) is 12.8. The Balaban J connectivity index is 2.63. The molecule has 0 aliphatic heterocycles. The molecule has 0 aromatic heterocycles. The summed E-state index contributed by atoms with van der Waals surface area (Å²) in [7, 11) is 0. The van der Waals surface area contributed by atoms with Crippen molar-refractivity contribution in [2.24, 2.45) is 0 Å². The van der Waals surface area contributed by atoms with E-state index in [9.17, 15) is 14.7 Å². The molecule has 0 saturated carbocycles. The van der Waals surface area contributed by atoms with Gasteiger partial charge in [-0.05, 0) is 25.3 Å². The Kier molecular flexibility index (Phi) is 6.21. The molecule has 0 saturated heterocycles. The van der Waals surface area contributed by atoms with Crippen molar-refractivity contribution < 1.29 is 14.7 Å². The van der Waals surface area contributed by atoms with Crippen molar-refractivity contribution in [3.8, 4) is 0 Å². The first-order chi connectivity index (χ1) is 9.91. The number of hydrogen-bond donors (Lipinski definition) is 3. The van der Waals surface area contributed by atoms with Crippen molar-refractivity contribution in [1.82, 2.24) is 10.6 Å². The van der Waals surface area contributed by atoms with E-state index in [4.69, 9.17) is 0 Å². The zero-order valence-electron chi connectivity index (χ0n) is 12.8. The van der Waals surface area contributed by atoms with Crippen LogP contribution in [-0.2, 0) is 4.79 Å². The third-order valence-electron chi connectivity index (χ3n) is 3.94. The Labute approximate surface area is 125 Å². The van der Waals surface area contributed by atoms with Gasteiger partial charge in [0.2, 0.25) is 0 Å². The van der Waals surface area contributed by atoms with Gasteiger partial charge in [0.15, 0.2) is 0 Å². The highest BCUT2D eigenvalue weighted by Crippen LogP contribution is 2.15. The molecule has 0 heterocycles. The molecular formula is C16H24N2O3. The maximum absolute atomic E-state index is 11.9. The summed E-state index contributed by atoms with van der Waals surface area (Å²) < 4.78 is 0. The Morgan fingerprint density at radius 2 is 1.76 bits per heavy atom. The number of aliphatic carboxylic acids is 1. The van der Waals surface area contributed by atoms with Gasteiger partial charge >= 0.3 is 12.0 Å². The number of urea groups is 1. The minimum absolute atomic E-state index is 0.0642. The largest absolute Gasteiger partial charge is 0.481 e. The van der Waals surface area contributed by atoms with Crippen LogP contribution in [0.1, 0.15) is 45.1 Å². The van der Waals surface area contributed by atoms with E-state index in [0.29, 0.717) is 5.56 Å². The van der Waals surface area contributed by atoms with Gasteiger partial charge in [-0.25, -0.2) is 4.79 Å². The summed E-state index contributed by atoms with van der Waals surface area (Å²) in [4.78, 5) is 23.3. The molecule has 0 bridgehead atoms. The van der Waals surface area contributed by atoms with E-state index >= 15 is 0 Å². The van der Waals surface area contributed by atoms with E-state index in [-0.39, 0.29) is 18.1 Å². The number of carboxylic acid groups (broad SMARTS) is 1. The lowest BCUT2D eigenvalue weighted by molar-refractivity contribution is -0.138.